The fraction of sp³-hybridized carbons (Fsp3) is 0.812. The van der Waals surface area contributed by atoms with Gasteiger partial charge in [0.1, 0.15) is 0 Å². The molecule has 2 amide bonds. The number of carbonyl (C=O) groups excluding carboxylic acids is 2. The molecule has 0 aromatic rings. The third kappa shape index (κ3) is 2.70. The van der Waals surface area contributed by atoms with E-state index in [4.69, 9.17) is 5.11 Å². The molecule has 0 atom stereocenters. The van der Waals surface area contributed by atoms with Gasteiger partial charge in [-0.25, -0.2) is 0 Å². The van der Waals surface area contributed by atoms with E-state index >= 15 is 0 Å². The predicted molar refractivity (Wildman–Crippen MR) is 75.4 cm³/mol. The van der Waals surface area contributed by atoms with Crippen LogP contribution in [0.25, 0.3) is 0 Å². The third-order valence-corrected chi connectivity index (χ3v) is 5.67. The number of likely N-dealkylation sites (tertiary alicyclic amines) is 1. The Balaban J connectivity index is 1.65. The highest BCUT2D eigenvalue weighted by molar-refractivity contribution is 5.99. The Kier molecular flexibility index (Phi) is 3.76. The third-order valence-electron chi connectivity index (χ3n) is 5.67. The normalized spacial score (nSPS) is 32.7. The molecule has 2 saturated carbocycles. The summed E-state index contributed by atoms with van der Waals surface area (Å²) in [5, 5.41) is 9.03. The van der Waals surface area contributed by atoms with Gasteiger partial charge in [-0.1, -0.05) is 12.8 Å². The van der Waals surface area contributed by atoms with Gasteiger partial charge in [-0.3, -0.25) is 19.3 Å². The summed E-state index contributed by atoms with van der Waals surface area (Å²) in [5.74, 6) is -1.11. The summed E-state index contributed by atoms with van der Waals surface area (Å²) in [7, 11) is 0. The highest BCUT2D eigenvalue weighted by Gasteiger charge is 2.47. The topological polar surface area (TPSA) is 74.7 Å². The van der Waals surface area contributed by atoms with Crippen LogP contribution in [0.2, 0.25) is 0 Å². The van der Waals surface area contributed by atoms with Gasteiger partial charge >= 0.3 is 5.97 Å². The predicted octanol–water partition coefficient (Wildman–Crippen LogP) is 2.34. The molecule has 5 heteroatoms. The number of aliphatic carboxylic acids is 1. The standard InChI is InChI=1S/C16H23NO4/c18-13-9-16(7-1-2-8-16)10-14(19)17(13)12-5-3-11(4-6-12)15(20)21/h11-12H,1-10H2,(H,20,21). The average molecular weight is 293 g/mol. The van der Waals surface area contributed by atoms with Crippen molar-refractivity contribution in [1.29, 1.82) is 0 Å². The maximum absolute atomic E-state index is 12.5. The molecule has 0 unspecified atom stereocenters. The van der Waals surface area contributed by atoms with Crippen LogP contribution in [0.4, 0.5) is 0 Å². The number of rotatable bonds is 2. The van der Waals surface area contributed by atoms with Crippen LogP contribution in [0.5, 0.6) is 0 Å². The lowest BCUT2D eigenvalue weighted by molar-refractivity contribution is -0.157. The molecule has 116 valence electrons. The van der Waals surface area contributed by atoms with Crippen molar-refractivity contribution in [2.75, 3.05) is 0 Å². The zero-order valence-electron chi connectivity index (χ0n) is 12.3. The molecule has 2 aliphatic carbocycles. The van der Waals surface area contributed by atoms with Crippen molar-refractivity contribution in [1.82, 2.24) is 4.90 Å². The van der Waals surface area contributed by atoms with Crippen molar-refractivity contribution in [3.63, 3.8) is 0 Å². The first kappa shape index (κ1) is 14.5. The fourth-order valence-electron chi connectivity index (χ4n) is 4.48. The monoisotopic (exact) mass is 293 g/mol. The number of piperidine rings is 1. The minimum Gasteiger partial charge on any atom is -0.481 e. The van der Waals surface area contributed by atoms with Crippen LogP contribution in [0.3, 0.4) is 0 Å². The summed E-state index contributed by atoms with van der Waals surface area (Å²) >= 11 is 0. The quantitative estimate of drug-likeness (QED) is 0.793. The van der Waals surface area contributed by atoms with Gasteiger partial charge in [0.15, 0.2) is 0 Å². The van der Waals surface area contributed by atoms with Crippen molar-refractivity contribution in [2.45, 2.75) is 70.3 Å². The van der Waals surface area contributed by atoms with Gasteiger partial charge in [-0.05, 0) is 43.9 Å². The lowest BCUT2D eigenvalue weighted by Crippen LogP contribution is -2.52. The van der Waals surface area contributed by atoms with Crippen molar-refractivity contribution in [3.05, 3.63) is 0 Å². The highest BCUT2D eigenvalue weighted by Crippen LogP contribution is 2.47. The van der Waals surface area contributed by atoms with Crippen LogP contribution in [-0.4, -0.2) is 33.8 Å². The van der Waals surface area contributed by atoms with E-state index in [0.29, 0.717) is 38.5 Å². The number of carboxylic acid groups (broad SMARTS) is 1. The van der Waals surface area contributed by atoms with Crippen molar-refractivity contribution >= 4 is 17.8 Å². The zero-order chi connectivity index (χ0) is 15.0. The number of amides is 2. The Hall–Kier alpha value is -1.39. The van der Waals surface area contributed by atoms with Gasteiger partial charge in [0.05, 0.1) is 5.92 Å². The van der Waals surface area contributed by atoms with E-state index < -0.39 is 5.97 Å². The minimum atomic E-state index is -0.755. The van der Waals surface area contributed by atoms with Gasteiger partial charge in [-0.2, -0.15) is 0 Å². The van der Waals surface area contributed by atoms with Crippen molar-refractivity contribution in [3.8, 4) is 0 Å². The second-order valence-electron chi connectivity index (χ2n) is 7.06. The highest BCUT2D eigenvalue weighted by atomic mass is 16.4. The van der Waals surface area contributed by atoms with E-state index in [1.807, 2.05) is 0 Å². The van der Waals surface area contributed by atoms with E-state index in [1.54, 1.807) is 0 Å². The number of nitrogens with zero attached hydrogens (tertiary/aromatic N) is 1. The Morgan fingerprint density at radius 1 is 1.00 bits per heavy atom. The SMILES string of the molecule is O=C(O)C1CCC(N2C(=O)CC3(CCCC3)CC2=O)CC1. The van der Waals surface area contributed by atoms with Gasteiger partial charge in [-0.15, -0.1) is 0 Å². The number of carboxylic acids is 1. The molecule has 0 aromatic heterocycles. The largest absolute Gasteiger partial charge is 0.481 e. The van der Waals surface area contributed by atoms with Gasteiger partial charge < -0.3 is 5.11 Å². The molecule has 3 rings (SSSR count). The first-order chi connectivity index (χ1) is 10.0. The molecule has 21 heavy (non-hydrogen) atoms. The molecule has 5 nitrogen and oxygen atoms in total. The van der Waals surface area contributed by atoms with Crippen molar-refractivity contribution < 1.29 is 19.5 Å². The number of hydrogen-bond acceptors (Lipinski definition) is 3. The second-order valence-corrected chi connectivity index (χ2v) is 7.06. The summed E-state index contributed by atoms with van der Waals surface area (Å²) in [6, 6.07) is -0.0700. The summed E-state index contributed by atoms with van der Waals surface area (Å²) in [4.78, 5) is 37.4. The lowest BCUT2D eigenvalue weighted by Gasteiger charge is -2.42. The maximum Gasteiger partial charge on any atom is 0.306 e. The van der Waals surface area contributed by atoms with E-state index in [9.17, 15) is 14.4 Å². The lowest BCUT2D eigenvalue weighted by atomic mass is 9.75. The molecule has 1 spiro atoms. The van der Waals surface area contributed by atoms with Crippen LogP contribution < -0.4 is 0 Å². The summed E-state index contributed by atoms with van der Waals surface area (Å²) in [6.07, 6.45) is 7.71. The fourth-order valence-corrected chi connectivity index (χ4v) is 4.48. The minimum absolute atomic E-state index is 0.0214. The molecule has 0 radical (unpaired) electrons. The summed E-state index contributed by atoms with van der Waals surface area (Å²) in [6.45, 7) is 0. The first-order valence-electron chi connectivity index (χ1n) is 8.08. The Bertz CT molecular complexity index is 439. The zero-order valence-corrected chi connectivity index (χ0v) is 12.3. The molecule has 1 N–H and O–H groups in total. The summed E-state index contributed by atoms with van der Waals surface area (Å²) in [5.41, 5.74) is -0.0526. The summed E-state index contributed by atoms with van der Waals surface area (Å²) < 4.78 is 0. The van der Waals surface area contributed by atoms with E-state index in [1.165, 1.54) is 4.90 Å². The molecule has 3 aliphatic rings. The molecular weight excluding hydrogens is 270 g/mol. The Morgan fingerprint density at radius 2 is 1.52 bits per heavy atom. The van der Waals surface area contributed by atoms with Crippen LogP contribution in [0.1, 0.15) is 64.2 Å². The van der Waals surface area contributed by atoms with Gasteiger partial charge in [0, 0.05) is 18.9 Å². The van der Waals surface area contributed by atoms with Crippen molar-refractivity contribution in [2.24, 2.45) is 11.3 Å². The van der Waals surface area contributed by atoms with Crippen LogP contribution in [0, 0.1) is 11.3 Å². The Labute approximate surface area is 124 Å². The molecule has 1 saturated heterocycles. The molecule has 0 bridgehead atoms. The number of imide groups is 1. The first-order valence-corrected chi connectivity index (χ1v) is 8.08. The molecular formula is C16H23NO4. The molecule has 1 heterocycles. The van der Waals surface area contributed by atoms with Crippen LogP contribution >= 0.6 is 0 Å². The van der Waals surface area contributed by atoms with Crippen LogP contribution in [-0.2, 0) is 14.4 Å². The van der Waals surface area contributed by atoms with E-state index in [-0.39, 0.29) is 29.2 Å². The second kappa shape index (κ2) is 5.43. The maximum atomic E-state index is 12.5. The Morgan fingerprint density at radius 3 is 2.00 bits per heavy atom. The molecule has 0 aromatic carbocycles. The van der Waals surface area contributed by atoms with Gasteiger partial charge in [0.2, 0.25) is 11.8 Å². The smallest absolute Gasteiger partial charge is 0.306 e. The van der Waals surface area contributed by atoms with Gasteiger partial charge in [0.25, 0.3) is 0 Å². The number of carbonyl (C=O) groups is 3. The molecule has 3 fully saturated rings. The van der Waals surface area contributed by atoms with Crippen LogP contribution in [0.15, 0.2) is 0 Å². The number of hydrogen-bond donors (Lipinski definition) is 1. The van der Waals surface area contributed by atoms with E-state index in [2.05, 4.69) is 0 Å². The average Bonchev–Trinajstić information content (AvgIpc) is 2.86. The molecule has 1 aliphatic heterocycles. The van der Waals surface area contributed by atoms with E-state index in [0.717, 1.165) is 25.7 Å².